The number of anilines is 2. The highest BCUT2D eigenvalue weighted by Gasteiger charge is 2.30. The molecule has 2 amide bonds. The van der Waals surface area contributed by atoms with Crippen molar-refractivity contribution in [3.63, 3.8) is 0 Å². The van der Waals surface area contributed by atoms with Crippen LogP contribution in [0.1, 0.15) is 24.6 Å². The molecule has 4 rings (SSSR count). The number of benzene rings is 2. The Bertz CT molecular complexity index is 912. The van der Waals surface area contributed by atoms with Crippen molar-refractivity contribution in [1.29, 1.82) is 0 Å². The molecule has 1 aliphatic heterocycles. The summed E-state index contributed by atoms with van der Waals surface area (Å²) in [5.41, 5.74) is 1.33. The predicted octanol–water partition coefficient (Wildman–Crippen LogP) is 3.24. The third-order valence-electron chi connectivity index (χ3n) is 4.82. The highest BCUT2D eigenvalue weighted by molar-refractivity contribution is 5.99. The van der Waals surface area contributed by atoms with Gasteiger partial charge in [-0.15, -0.1) is 0 Å². The molecule has 7 heteroatoms. The van der Waals surface area contributed by atoms with Crippen molar-refractivity contribution in [3.05, 3.63) is 77.0 Å². The molecule has 2 heterocycles. The van der Waals surface area contributed by atoms with E-state index in [9.17, 15) is 9.59 Å². The Labute approximate surface area is 156 Å². The molecule has 1 aliphatic rings. The zero-order valence-corrected chi connectivity index (χ0v) is 14.8. The first-order valence-corrected chi connectivity index (χ1v) is 9.06. The molecular weight excluding hydrogens is 342 g/mol. The smallest absolute Gasteiger partial charge is 0.323 e. The van der Waals surface area contributed by atoms with E-state index in [-0.39, 0.29) is 17.6 Å². The van der Waals surface area contributed by atoms with Crippen molar-refractivity contribution >= 4 is 17.4 Å². The van der Waals surface area contributed by atoms with E-state index in [1.165, 1.54) is 0 Å². The van der Waals surface area contributed by atoms with Crippen molar-refractivity contribution in [1.82, 2.24) is 20.1 Å². The van der Waals surface area contributed by atoms with E-state index in [4.69, 9.17) is 0 Å². The first-order valence-electron chi connectivity index (χ1n) is 9.06. The first kappa shape index (κ1) is 17.1. The van der Waals surface area contributed by atoms with Crippen LogP contribution in [0.4, 0.5) is 16.2 Å². The van der Waals surface area contributed by atoms with E-state index in [0.717, 1.165) is 24.2 Å². The maximum absolute atomic E-state index is 13.4. The molecular formula is C20H21N5O2. The van der Waals surface area contributed by atoms with Crippen LogP contribution in [0.15, 0.2) is 65.5 Å². The van der Waals surface area contributed by atoms with Crippen LogP contribution in [0, 0.1) is 0 Å². The van der Waals surface area contributed by atoms with E-state index in [0.29, 0.717) is 18.9 Å². The molecule has 0 aliphatic carbocycles. The molecule has 1 fully saturated rings. The van der Waals surface area contributed by atoms with Gasteiger partial charge in [-0.25, -0.2) is 14.7 Å². The molecule has 3 aromatic rings. The van der Waals surface area contributed by atoms with Gasteiger partial charge in [0.15, 0.2) is 0 Å². The summed E-state index contributed by atoms with van der Waals surface area (Å²) in [5.74, 6) is 0.638. The largest absolute Gasteiger partial charge is 0.340 e. The third kappa shape index (κ3) is 3.62. The lowest BCUT2D eigenvalue weighted by Crippen LogP contribution is -2.45. The number of nitrogens with one attached hydrogen (secondary N) is 2. The number of aromatic amines is 2. The fraction of sp³-hybridized carbons (Fsp3) is 0.250. The van der Waals surface area contributed by atoms with Crippen LogP contribution >= 0.6 is 0 Å². The number of para-hydroxylation sites is 2. The Hall–Kier alpha value is -3.35. The zero-order valence-electron chi connectivity index (χ0n) is 14.8. The van der Waals surface area contributed by atoms with E-state index in [1.54, 1.807) is 4.90 Å². The normalized spacial score (nSPS) is 16.9. The molecule has 27 heavy (non-hydrogen) atoms. The second kappa shape index (κ2) is 7.49. The SMILES string of the molecule is O=C(N1CCC[C@H](c2n[nH]c(=O)[nH]2)C1)N(c1ccccc1)c1ccccc1. The van der Waals surface area contributed by atoms with Gasteiger partial charge < -0.3 is 4.90 Å². The number of hydrogen-bond donors (Lipinski definition) is 2. The highest BCUT2D eigenvalue weighted by atomic mass is 16.2. The molecule has 1 aromatic heterocycles. The van der Waals surface area contributed by atoms with Gasteiger partial charge in [-0.05, 0) is 37.1 Å². The standard InChI is InChI=1S/C20H21N5O2/c26-19-21-18(22-23-19)15-8-7-13-24(14-15)20(27)25(16-9-3-1-4-10-16)17-11-5-2-6-12-17/h1-6,9-12,15H,7-8,13-14H2,(H2,21,22,23,26)/t15-/m0/s1. The number of likely N-dealkylation sites (tertiary alicyclic amines) is 1. The average Bonchev–Trinajstić information content (AvgIpc) is 3.16. The second-order valence-electron chi connectivity index (χ2n) is 6.64. The number of aromatic nitrogens is 3. The lowest BCUT2D eigenvalue weighted by Gasteiger charge is -2.35. The molecule has 0 spiro atoms. The summed E-state index contributed by atoms with van der Waals surface area (Å²) in [6.45, 7) is 1.20. The van der Waals surface area contributed by atoms with Gasteiger partial charge in [-0.2, -0.15) is 5.10 Å². The summed E-state index contributed by atoms with van der Waals surface area (Å²) in [6.07, 6.45) is 1.75. The molecule has 0 bridgehead atoms. The fourth-order valence-electron chi connectivity index (χ4n) is 3.52. The number of nitrogens with zero attached hydrogens (tertiary/aromatic N) is 3. The van der Waals surface area contributed by atoms with Crippen LogP contribution in [0.25, 0.3) is 0 Å². The summed E-state index contributed by atoms with van der Waals surface area (Å²) >= 11 is 0. The maximum Gasteiger partial charge on any atom is 0.340 e. The Morgan fingerprint density at radius 3 is 2.22 bits per heavy atom. The molecule has 1 saturated heterocycles. The molecule has 7 nitrogen and oxygen atoms in total. The van der Waals surface area contributed by atoms with Crippen molar-refractivity contribution in [2.45, 2.75) is 18.8 Å². The summed E-state index contributed by atoms with van der Waals surface area (Å²) in [6, 6.07) is 19.2. The van der Waals surface area contributed by atoms with Crippen LogP contribution in [0.5, 0.6) is 0 Å². The number of urea groups is 1. The van der Waals surface area contributed by atoms with Crippen LogP contribution in [-0.2, 0) is 0 Å². The molecule has 0 radical (unpaired) electrons. The number of rotatable bonds is 3. The van der Waals surface area contributed by atoms with Crippen LogP contribution in [0.2, 0.25) is 0 Å². The van der Waals surface area contributed by atoms with Gasteiger partial charge in [0.1, 0.15) is 5.82 Å². The number of carbonyl (C=O) groups excluding carboxylic acids is 1. The highest BCUT2D eigenvalue weighted by Crippen LogP contribution is 2.30. The van der Waals surface area contributed by atoms with Gasteiger partial charge in [-0.1, -0.05) is 36.4 Å². The minimum Gasteiger partial charge on any atom is -0.323 e. The second-order valence-corrected chi connectivity index (χ2v) is 6.64. The lowest BCUT2D eigenvalue weighted by atomic mass is 9.97. The average molecular weight is 363 g/mol. The van der Waals surface area contributed by atoms with E-state index in [1.807, 2.05) is 65.6 Å². The van der Waals surface area contributed by atoms with E-state index < -0.39 is 0 Å². The number of carbonyl (C=O) groups is 1. The third-order valence-corrected chi connectivity index (χ3v) is 4.82. The molecule has 2 aromatic carbocycles. The zero-order chi connectivity index (χ0) is 18.6. The number of piperidine rings is 1. The van der Waals surface area contributed by atoms with Crippen LogP contribution in [-0.4, -0.2) is 39.2 Å². The Morgan fingerprint density at radius 2 is 1.67 bits per heavy atom. The van der Waals surface area contributed by atoms with Crippen LogP contribution in [0.3, 0.4) is 0 Å². The summed E-state index contributed by atoms with van der Waals surface area (Å²) in [7, 11) is 0. The molecule has 138 valence electrons. The summed E-state index contributed by atoms with van der Waals surface area (Å²) in [5, 5.41) is 6.46. The molecule has 0 saturated carbocycles. The van der Waals surface area contributed by atoms with Gasteiger partial charge in [0.2, 0.25) is 0 Å². The summed E-state index contributed by atoms with van der Waals surface area (Å²) < 4.78 is 0. The Morgan fingerprint density at radius 1 is 1.04 bits per heavy atom. The van der Waals surface area contributed by atoms with Gasteiger partial charge >= 0.3 is 11.7 Å². The topological polar surface area (TPSA) is 85.1 Å². The van der Waals surface area contributed by atoms with Crippen LogP contribution < -0.4 is 10.6 Å². The Kier molecular flexibility index (Phi) is 4.74. The van der Waals surface area contributed by atoms with E-state index in [2.05, 4.69) is 15.2 Å². The van der Waals surface area contributed by atoms with Gasteiger partial charge in [-0.3, -0.25) is 9.88 Å². The molecule has 0 unspecified atom stereocenters. The van der Waals surface area contributed by atoms with Crippen molar-refractivity contribution in [3.8, 4) is 0 Å². The van der Waals surface area contributed by atoms with Gasteiger partial charge in [0, 0.05) is 19.0 Å². The molecule has 2 N–H and O–H groups in total. The minimum absolute atomic E-state index is 0.0232. The number of H-pyrrole nitrogens is 2. The fourth-order valence-corrected chi connectivity index (χ4v) is 3.52. The van der Waals surface area contributed by atoms with Crippen molar-refractivity contribution in [2.75, 3.05) is 18.0 Å². The number of amides is 2. The minimum atomic E-state index is -0.316. The van der Waals surface area contributed by atoms with E-state index >= 15 is 0 Å². The predicted molar refractivity (Wildman–Crippen MR) is 103 cm³/mol. The lowest BCUT2D eigenvalue weighted by molar-refractivity contribution is 0.187. The number of hydrogen-bond acceptors (Lipinski definition) is 3. The molecule has 1 atom stereocenters. The summed E-state index contributed by atoms with van der Waals surface area (Å²) in [4.78, 5) is 31.1. The first-order chi connectivity index (χ1) is 13.2. The van der Waals surface area contributed by atoms with Gasteiger partial charge in [0.25, 0.3) is 0 Å². The quantitative estimate of drug-likeness (QED) is 0.749. The Balaban J connectivity index is 1.62. The van der Waals surface area contributed by atoms with Crippen molar-refractivity contribution < 1.29 is 4.79 Å². The van der Waals surface area contributed by atoms with Crippen molar-refractivity contribution in [2.24, 2.45) is 0 Å². The van der Waals surface area contributed by atoms with Gasteiger partial charge in [0.05, 0.1) is 11.4 Å². The monoisotopic (exact) mass is 363 g/mol. The maximum atomic E-state index is 13.4.